The van der Waals surface area contributed by atoms with Gasteiger partial charge in [0.1, 0.15) is 11.2 Å². The highest BCUT2D eigenvalue weighted by Crippen LogP contribution is 2.45. The molecule has 51 heavy (non-hydrogen) atoms. The SMILES string of the molecule is c1ccc(-c2c3ccccc3c(-c3ccccc3)c3cc(-c4cccc(-c5cc(-c6ccccc6)c6oc7ccccc7c6c5)c4)ccc23)cc1. The molecule has 1 aromatic heterocycles. The first-order valence-electron chi connectivity index (χ1n) is 17.5. The molecule has 0 saturated carbocycles. The van der Waals surface area contributed by atoms with E-state index in [0.717, 1.165) is 38.6 Å². The van der Waals surface area contributed by atoms with Gasteiger partial charge in [-0.15, -0.1) is 0 Å². The zero-order valence-corrected chi connectivity index (χ0v) is 27.9. The van der Waals surface area contributed by atoms with Crippen LogP contribution in [-0.2, 0) is 0 Å². The van der Waals surface area contributed by atoms with Gasteiger partial charge in [0.05, 0.1) is 0 Å². The van der Waals surface area contributed by atoms with Crippen LogP contribution >= 0.6 is 0 Å². The van der Waals surface area contributed by atoms with Gasteiger partial charge in [-0.3, -0.25) is 0 Å². The van der Waals surface area contributed by atoms with Crippen LogP contribution in [0.5, 0.6) is 0 Å². The highest BCUT2D eigenvalue weighted by molar-refractivity contribution is 6.22. The average Bonchev–Trinajstić information content (AvgIpc) is 3.59. The molecule has 1 nitrogen and oxygen atoms in total. The van der Waals surface area contributed by atoms with Crippen LogP contribution in [0.4, 0.5) is 0 Å². The molecular formula is C50H32O. The van der Waals surface area contributed by atoms with E-state index in [2.05, 4.69) is 188 Å². The van der Waals surface area contributed by atoms with Gasteiger partial charge >= 0.3 is 0 Å². The second-order valence-electron chi connectivity index (χ2n) is 13.2. The third-order valence-electron chi connectivity index (χ3n) is 10.2. The topological polar surface area (TPSA) is 13.1 Å². The minimum absolute atomic E-state index is 0.906. The fraction of sp³-hybridized carbons (Fsp3) is 0. The second kappa shape index (κ2) is 12.0. The summed E-state index contributed by atoms with van der Waals surface area (Å²) in [4.78, 5) is 0. The molecule has 1 heterocycles. The molecule has 1 heteroatoms. The number of hydrogen-bond acceptors (Lipinski definition) is 1. The number of fused-ring (bicyclic) bond motifs is 5. The quantitative estimate of drug-likeness (QED) is 0.169. The molecule has 0 N–H and O–H groups in total. The lowest BCUT2D eigenvalue weighted by atomic mass is 9.84. The summed E-state index contributed by atoms with van der Waals surface area (Å²) in [5.74, 6) is 0. The monoisotopic (exact) mass is 648 g/mol. The molecule has 0 aliphatic carbocycles. The first kappa shape index (κ1) is 29.2. The number of rotatable bonds is 5. The zero-order chi connectivity index (χ0) is 33.7. The standard InChI is InChI=1S/C50H32O/c1-4-15-33(16-5-1)44-31-39(32-46-40-23-12-13-26-47(40)51-50(44)46)37-22-14-21-36(29-37)38-27-28-43-45(30-38)49(35-19-8-3-9-20-35)42-25-11-10-24-41(42)48(43)34-17-6-2-7-18-34/h1-32H. The highest BCUT2D eigenvalue weighted by atomic mass is 16.3. The van der Waals surface area contributed by atoms with Crippen LogP contribution in [0.1, 0.15) is 0 Å². The molecule has 10 rings (SSSR count). The van der Waals surface area contributed by atoms with Gasteiger partial charge in [-0.05, 0) is 102 Å². The van der Waals surface area contributed by atoms with Crippen molar-refractivity contribution in [3.05, 3.63) is 194 Å². The lowest BCUT2D eigenvalue weighted by Gasteiger charge is -2.19. The summed E-state index contributed by atoms with van der Waals surface area (Å²) >= 11 is 0. The van der Waals surface area contributed by atoms with Crippen LogP contribution in [0.3, 0.4) is 0 Å². The van der Waals surface area contributed by atoms with Crippen molar-refractivity contribution in [1.82, 2.24) is 0 Å². The van der Waals surface area contributed by atoms with Gasteiger partial charge in [-0.2, -0.15) is 0 Å². The normalized spacial score (nSPS) is 11.5. The summed E-state index contributed by atoms with van der Waals surface area (Å²) in [6.07, 6.45) is 0. The van der Waals surface area contributed by atoms with E-state index in [0.29, 0.717) is 0 Å². The highest BCUT2D eigenvalue weighted by Gasteiger charge is 2.18. The predicted octanol–water partition coefficient (Wildman–Crippen LogP) is 14.2. The molecular weight excluding hydrogens is 617 g/mol. The van der Waals surface area contributed by atoms with Crippen molar-refractivity contribution < 1.29 is 4.42 Å². The Labute approximate surface area is 296 Å². The molecule has 0 bridgehead atoms. The van der Waals surface area contributed by atoms with Gasteiger partial charge in [0.2, 0.25) is 0 Å². The molecule has 9 aromatic carbocycles. The van der Waals surface area contributed by atoms with Gasteiger partial charge in [-0.25, -0.2) is 0 Å². The Morgan fingerprint density at radius 1 is 0.255 bits per heavy atom. The Morgan fingerprint density at radius 2 is 0.725 bits per heavy atom. The Bertz CT molecular complexity index is 2880. The lowest BCUT2D eigenvalue weighted by molar-refractivity contribution is 0.670. The molecule has 0 unspecified atom stereocenters. The van der Waals surface area contributed by atoms with Crippen molar-refractivity contribution >= 4 is 43.5 Å². The van der Waals surface area contributed by atoms with Crippen LogP contribution in [0.25, 0.3) is 99.1 Å². The number of hydrogen-bond donors (Lipinski definition) is 0. The fourth-order valence-electron chi connectivity index (χ4n) is 7.89. The fourth-order valence-corrected chi connectivity index (χ4v) is 7.89. The Morgan fingerprint density at radius 3 is 1.39 bits per heavy atom. The smallest absolute Gasteiger partial charge is 0.143 e. The van der Waals surface area contributed by atoms with Gasteiger partial charge in [0.25, 0.3) is 0 Å². The summed E-state index contributed by atoms with van der Waals surface area (Å²) in [6, 6.07) is 70.0. The number of para-hydroxylation sites is 1. The molecule has 0 fully saturated rings. The maximum absolute atomic E-state index is 6.48. The molecule has 0 radical (unpaired) electrons. The lowest BCUT2D eigenvalue weighted by Crippen LogP contribution is -1.91. The first-order valence-corrected chi connectivity index (χ1v) is 17.5. The van der Waals surface area contributed by atoms with Crippen molar-refractivity contribution in [2.75, 3.05) is 0 Å². The van der Waals surface area contributed by atoms with E-state index >= 15 is 0 Å². The predicted molar refractivity (Wildman–Crippen MR) is 216 cm³/mol. The average molecular weight is 649 g/mol. The minimum Gasteiger partial charge on any atom is -0.455 e. The van der Waals surface area contributed by atoms with Crippen molar-refractivity contribution in [3.8, 4) is 55.6 Å². The van der Waals surface area contributed by atoms with Crippen molar-refractivity contribution in [2.45, 2.75) is 0 Å². The van der Waals surface area contributed by atoms with Crippen molar-refractivity contribution in [3.63, 3.8) is 0 Å². The largest absolute Gasteiger partial charge is 0.455 e. The third kappa shape index (κ3) is 4.94. The molecule has 0 aliphatic heterocycles. The van der Waals surface area contributed by atoms with E-state index in [1.165, 1.54) is 60.5 Å². The van der Waals surface area contributed by atoms with Crippen molar-refractivity contribution in [2.24, 2.45) is 0 Å². The number of benzene rings is 9. The van der Waals surface area contributed by atoms with Crippen LogP contribution in [-0.4, -0.2) is 0 Å². The van der Waals surface area contributed by atoms with Crippen molar-refractivity contribution in [1.29, 1.82) is 0 Å². The number of furan rings is 1. The first-order chi connectivity index (χ1) is 25.3. The summed E-state index contributed by atoms with van der Waals surface area (Å²) in [5, 5.41) is 7.29. The summed E-state index contributed by atoms with van der Waals surface area (Å²) in [5.41, 5.74) is 13.8. The molecule has 0 saturated heterocycles. The van der Waals surface area contributed by atoms with Crippen LogP contribution in [0.2, 0.25) is 0 Å². The molecule has 0 amide bonds. The molecule has 238 valence electrons. The zero-order valence-electron chi connectivity index (χ0n) is 27.9. The molecule has 0 aliphatic rings. The Balaban J connectivity index is 1.20. The molecule has 0 spiro atoms. The van der Waals surface area contributed by atoms with E-state index in [1.807, 2.05) is 6.07 Å². The van der Waals surface area contributed by atoms with E-state index in [4.69, 9.17) is 4.42 Å². The van der Waals surface area contributed by atoms with E-state index in [1.54, 1.807) is 0 Å². The summed E-state index contributed by atoms with van der Waals surface area (Å²) < 4.78 is 6.48. The maximum atomic E-state index is 6.48. The van der Waals surface area contributed by atoms with Crippen LogP contribution < -0.4 is 0 Å². The maximum Gasteiger partial charge on any atom is 0.143 e. The van der Waals surface area contributed by atoms with Gasteiger partial charge < -0.3 is 4.42 Å². The van der Waals surface area contributed by atoms with E-state index in [-0.39, 0.29) is 0 Å². The van der Waals surface area contributed by atoms with Gasteiger partial charge in [-0.1, -0.05) is 164 Å². The van der Waals surface area contributed by atoms with Gasteiger partial charge in [0.15, 0.2) is 0 Å². The van der Waals surface area contributed by atoms with E-state index in [9.17, 15) is 0 Å². The summed E-state index contributed by atoms with van der Waals surface area (Å²) in [7, 11) is 0. The summed E-state index contributed by atoms with van der Waals surface area (Å²) in [6.45, 7) is 0. The Hall–Kier alpha value is -6.70. The second-order valence-corrected chi connectivity index (χ2v) is 13.2. The minimum atomic E-state index is 0.906. The molecule has 0 atom stereocenters. The van der Waals surface area contributed by atoms with Crippen LogP contribution in [0.15, 0.2) is 199 Å². The molecule has 10 aromatic rings. The Kier molecular flexibility index (Phi) is 6.89. The third-order valence-corrected chi connectivity index (χ3v) is 10.2. The van der Waals surface area contributed by atoms with Gasteiger partial charge in [0, 0.05) is 16.3 Å². The van der Waals surface area contributed by atoms with E-state index < -0.39 is 0 Å². The van der Waals surface area contributed by atoms with Crippen LogP contribution in [0, 0.1) is 0 Å².